The van der Waals surface area contributed by atoms with E-state index in [1.165, 1.54) is 10.9 Å². The summed E-state index contributed by atoms with van der Waals surface area (Å²) in [5, 5.41) is 11.4. The van der Waals surface area contributed by atoms with Crippen molar-refractivity contribution in [1.29, 1.82) is 0 Å². The molecule has 0 spiro atoms. The van der Waals surface area contributed by atoms with Crippen LogP contribution in [0.4, 0.5) is 0 Å². The highest BCUT2D eigenvalue weighted by molar-refractivity contribution is 5.97. The molecule has 3 nitrogen and oxygen atoms in total. The van der Waals surface area contributed by atoms with Gasteiger partial charge in [0.25, 0.3) is 0 Å². The molecule has 0 amide bonds. The first-order valence-electron chi connectivity index (χ1n) is 9.70. The number of aryl methyl sites for hydroxylation is 1. The first-order chi connectivity index (χ1) is 13.8. The van der Waals surface area contributed by atoms with Gasteiger partial charge >= 0.3 is 0 Å². The Bertz CT molecular complexity index is 1220. The zero-order valence-electron chi connectivity index (χ0n) is 16.4. The van der Waals surface area contributed by atoms with E-state index in [4.69, 9.17) is 0 Å². The minimum Gasteiger partial charge on any atom is -0.274 e. The van der Waals surface area contributed by atoms with Gasteiger partial charge in [0, 0.05) is 10.9 Å². The van der Waals surface area contributed by atoms with Crippen molar-refractivity contribution in [3.8, 4) is 22.6 Å². The van der Waals surface area contributed by atoms with Crippen molar-refractivity contribution in [3.05, 3.63) is 90.5 Å². The average Bonchev–Trinajstić information content (AvgIpc) is 3.21. The molecule has 0 N–H and O–H groups in total. The Balaban J connectivity index is 0.000000932. The lowest BCUT2D eigenvalue weighted by Gasteiger charge is -2.11. The van der Waals surface area contributed by atoms with Crippen LogP contribution in [0.2, 0.25) is 0 Å². The maximum Gasteiger partial charge on any atom is 0.169 e. The van der Waals surface area contributed by atoms with Gasteiger partial charge in [-0.3, -0.25) is 4.40 Å². The van der Waals surface area contributed by atoms with Gasteiger partial charge in [0.1, 0.15) is 0 Å². The van der Waals surface area contributed by atoms with Gasteiger partial charge in [0.05, 0.1) is 5.69 Å². The third-order valence-corrected chi connectivity index (χ3v) is 4.78. The molecular formula is C25H23N3. The van der Waals surface area contributed by atoms with Crippen molar-refractivity contribution >= 4 is 16.4 Å². The maximum atomic E-state index is 4.54. The average molecular weight is 365 g/mol. The number of pyridine rings is 1. The van der Waals surface area contributed by atoms with E-state index in [0.29, 0.717) is 0 Å². The fourth-order valence-corrected chi connectivity index (χ4v) is 3.44. The van der Waals surface area contributed by atoms with Gasteiger partial charge in [-0.15, -0.1) is 10.2 Å². The van der Waals surface area contributed by atoms with Crippen LogP contribution < -0.4 is 0 Å². The smallest absolute Gasteiger partial charge is 0.169 e. The summed E-state index contributed by atoms with van der Waals surface area (Å²) < 4.78 is 2.17. The number of fused-ring (bicyclic) bond motifs is 3. The van der Waals surface area contributed by atoms with Crippen molar-refractivity contribution in [2.75, 3.05) is 0 Å². The largest absolute Gasteiger partial charge is 0.274 e. The van der Waals surface area contributed by atoms with E-state index >= 15 is 0 Å². The van der Waals surface area contributed by atoms with Crippen molar-refractivity contribution in [3.63, 3.8) is 0 Å². The summed E-state index contributed by atoms with van der Waals surface area (Å²) in [6.45, 7) is 6.09. The molecule has 0 bridgehead atoms. The number of aromatic nitrogens is 3. The Morgan fingerprint density at radius 2 is 1.36 bits per heavy atom. The van der Waals surface area contributed by atoms with Crippen molar-refractivity contribution in [1.82, 2.24) is 14.6 Å². The van der Waals surface area contributed by atoms with E-state index in [2.05, 4.69) is 94.3 Å². The van der Waals surface area contributed by atoms with Gasteiger partial charge in [-0.1, -0.05) is 98.3 Å². The van der Waals surface area contributed by atoms with Gasteiger partial charge < -0.3 is 0 Å². The number of hydrogen-bond donors (Lipinski definition) is 0. The van der Waals surface area contributed by atoms with Crippen LogP contribution in [-0.2, 0) is 0 Å². The monoisotopic (exact) mass is 365 g/mol. The molecule has 0 saturated heterocycles. The second-order valence-corrected chi connectivity index (χ2v) is 6.53. The summed E-state index contributed by atoms with van der Waals surface area (Å²) in [5.74, 6) is 0.865. The van der Waals surface area contributed by atoms with Gasteiger partial charge in [0.15, 0.2) is 11.5 Å². The van der Waals surface area contributed by atoms with Crippen LogP contribution >= 0.6 is 0 Å². The fraction of sp³-hybridized carbons (Fsp3) is 0.120. The van der Waals surface area contributed by atoms with E-state index in [-0.39, 0.29) is 0 Å². The van der Waals surface area contributed by atoms with Crippen molar-refractivity contribution < 1.29 is 0 Å². The molecule has 138 valence electrons. The standard InChI is InChI=1S/C23H17N3.C2H6/c1-16-11-13-18(14-12-16)22-24-25-23-20-10-6-5-9-19(20)15-21(26(22)23)17-7-3-2-4-8-17;1-2/h2-15H,1H3;1-2H3. The van der Waals surface area contributed by atoms with Crippen LogP contribution in [0.1, 0.15) is 19.4 Å². The molecule has 0 radical (unpaired) electrons. The number of nitrogens with zero attached hydrogens (tertiary/aromatic N) is 3. The lowest BCUT2D eigenvalue weighted by atomic mass is 10.1. The Kier molecular flexibility index (Phi) is 4.90. The van der Waals surface area contributed by atoms with E-state index < -0.39 is 0 Å². The van der Waals surface area contributed by atoms with Crippen molar-refractivity contribution in [2.45, 2.75) is 20.8 Å². The minimum absolute atomic E-state index is 0.865. The Labute approximate surface area is 165 Å². The second kappa shape index (κ2) is 7.65. The molecule has 3 heteroatoms. The van der Waals surface area contributed by atoms with Crippen LogP contribution in [-0.4, -0.2) is 14.6 Å². The van der Waals surface area contributed by atoms with E-state index in [1.54, 1.807) is 0 Å². The predicted molar refractivity (Wildman–Crippen MR) is 117 cm³/mol. The number of rotatable bonds is 2. The molecule has 2 heterocycles. The first-order valence-corrected chi connectivity index (χ1v) is 9.70. The highest BCUT2D eigenvalue weighted by Crippen LogP contribution is 2.31. The van der Waals surface area contributed by atoms with Gasteiger partial charge in [-0.05, 0) is 23.9 Å². The van der Waals surface area contributed by atoms with E-state index in [9.17, 15) is 0 Å². The lowest BCUT2D eigenvalue weighted by molar-refractivity contribution is 1.11. The van der Waals surface area contributed by atoms with Crippen LogP contribution in [0.25, 0.3) is 39.1 Å². The predicted octanol–water partition coefficient (Wildman–Crippen LogP) is 6.55. The topological polar surface area (TPSA) is 30.2 Å². The third kappa shape index (κ3) is 3.05. The molecular weight excluding hydrogens is 342 g/mol. The molecule has 0 fully saturated rings. The molecule has 5 rings (SSSR count). The first kappa shape index (κ1) is 17.9. The number of benzene rings is 3. The summed E-state index contributed by atoms with van der Waals surface area (Å²) in [4.78, 5) is 0. The highest BCUT2D eigenvalue weighted by atomic mass is 15.3. The van der Waals surface area contributed by atoms with Gasteiger partial charge in [-0.2, -0.15) is 0 Å². The Morgan fingerprint density at radius 3 is 2.11 bits per heavy atom. The van der Waals surface area contributed by atoms with Crippen LogP contribution in [0.5, 0.6) is 0 Å². The molecule has 5 aromatic rings. The fourth-order valence-electron chi connectivity index (χ4n) is 3.44. The van der Waals surface area contributed by atoms with Crippen LogP contribution in [0, 0.1) is 6.92 Å². The second-order valence-electron chi connectivity index (χ2n) is 6.53. The maximum absolute atomic E-state index is 4.54. The normalized spacial score (nSPS) is 10.7. The zero-order chi connectivity index (χ0) is 19.5. The third-order valence-electron chi connectivity index (χ3n) is 4.78. The molecule has 28 heavy (non-hydrogen) atoms. The summed E-state index contributed by atoms with van der Waals surface area (Å²) in [6.07, 6.45) is 0. The molecule has 0 aliphatic rings. The molecule has 0 unspecified atom stereocenters. The molecule has 3 aromatic carbocycles. The van der Waals surface area contributed by atoms with E-state index in [0.717, 1.165) is 33.7 Å². The molecule has 0 atom stereocenters. The quantitative estimate of drug-likeness (QED) is 0.355. The molecule has 0 aliphatic carbocycles. The molecule has 2 aromatic heterocycles. The van der Waals surface area contributed by atoms with E-state index in [1.807, 2.05) is 26.0 Å². The summed E-state index contributed by atoms with van der Waals surface area (Å²) >= 11 is 0. The number of hydrogen-bond acceptors (Lipinski definition) is 2. The van der Waals surface area contributed by atoms with Gasteiger partial charge in [-0.25, -0.2) is 0 Å². The summed E-state index contributed by atoms with van der Waals surface area (Å²) in [5.41, 5.74) is 5.43. The van der Waals surface area contributed by atoms with Crippen LogP contribution in [0.3, 0.4) is 0 Å². The highest BCUT2D eigenvalue weighted by Gasteiger charge is 2.15. The Hall–Kier alpha value is -3.46. The molecule has 0 aliphatic heterocycles. The lowest BCUT2D eigenvalue weighted by Crippen LogP contribution is -1.96. The minimum atomic E-state index is 0.865. The summed E-state index contributed by atoms with van der Waals surface area (Å²) in [7, 11) is 0. The Morgan fingerprint density at radius 1 is 0.679 bits per heavy atom. The van der Waals surface area contributed by atoms with Crippen molar-refractivity contribution in [2.24, 2.45) is 0 Å². The van der Waals surface area contributed by atoms with Crippen LogP contribution in [0.15, 0.2) is 84.9 Å². The summed E-state index contributed by atoms with van der Waals surface area (Å²) in [6, 6.07) is 29.4. The SMILES string of the molecule is CC.Cc1ccc(-c2nnc3c4ccccc4cc(-c4ccccc4)n23)cc1. The molecule has 0 saturated carbocycles. The zero-order valence-corrected chi connectivity index (χ0v) is 16.4. The van der Waals surface area contributed by atoms with Gasteiger partial charge in [0.2, 0.25) is 0 Å².